The van der Waals surface area contributed by atoms with Gasteiger partial charge in [-0.2, -0.15) is 0 Å². The summed E-state index contributed by atoms with van der Waals surface area (Å²) in [4.78, 5) is 9.12. The van der Waals surface area contributed by atoms with Crippen molar-refractivity contribution >= 4 is 6.21 Å². The van der Waals surface area contributed by atoms with E-state index in [1.807, 2.05) is 18.5 Å². The second-order valence-corrected chi connectivity index (χ2v) is 7.64. The molecule has 0 aromatic carbocycles. The molecule has 1 saturated heterocycles. The molecule has 3 heterocycles. The Labute approximate surface area is 151 Å². The first kappa shape index (κ1) is 18.3. The standard InChI is InChI=1S/C21H31N3O/c1-3-9-20(2)17-21(11-15-25-20,19-8-4-5-12-24-19)10-14-22-16-18-7-6-13-23-18/h4-5,7-8,12-13,22H,3,6,9-11,14-17H2,1-2H3/t20?,21-/m1/s1. The summed E-state index contributed by atoms with van der Waals surface area (Å²) in [7, 11) is 0. The Morgan fingerprint density at radius 3 is 2.92 bits per heavy atom. The average Bonchev–Trinajstić information content (AvgIpc) is 3.13. The molecule has 0 aliphatic carbocycles. The first-order valence-electron chi connectivity index (χ1n) is 9.64. The van der Waals surface area contributed by atoms with Gasteiger partial charge in [0, 0.05) is 43.1 Å². The molecule has 0 bridgehead atoms. The average molecular weight is 341 g/mol. The van der Waals surface area contributed by atoms with Crippen LogP contribution >= 0.6 is 0 Å². The van der Waals surface area contributed by atoms with Crippen LogP contribution in [0.25, 0.3) is 0 Å². The van der Waals surface area contributed by atoms with Crippen LogP contribution in [-0.4, -0.2) is 36.5 Å². The van der Waals surface area contributed by atoms with Crippen molar-refractivity contribution < 1.29 is 4.74 Å². The number of aromatic nitrogens is 1. The van der Waals surface area contributed by atoms with Gasteiger partial charge in [0.15, 0.2) is 0 Å². The number of ether oxygens (including phenoxy) is 1. The van der Waals surface area contributed by atoms with E-state index in [1.54, 1.807) is 0 Å². The van der Waals surface area contributed by atoms with Crippen LogP contribution in [0.4, 0.5) is 0 Å². The molecule has 25 heavy (non-hydrogen) atoms. The lowest BCUT2D eigenvalue weighted by Gasteiger charge is -2.46. The molecular formula is C21H31N3O. The Kier molecular flexibility index (Phi) is 6.02. The van der Waals surface area contributed by atoms with E-state index in [9.17, 15) is 0 Å². The molecule has 0 spiro atoms. The molecule has 1 unspecified atom stereocenters. The van der Waals surface area contributed by atoms with Crippen LogP contribution in [-0.2, 0) is 10.2 Å². The molecule has 2 aliphatic heterocycles. The van der Waals surface area contributed by atoms with Gasteiger partial charge in [0.2, 0.25) is 0 Å². The highest BCUT2D eigenvalue weighted by Gasteiger charge is 2.44. The van der Waals surface area contributed by atoms with Crippen molar-refractivity contribution in [3.8, 4) is 0 Å². The van der Waals surface area contributed by atoms with Crippen molar-refractivity contribution in [2.75, 3.05) is 19.7 Å². The molecule has 0 saturated carbocycles. The lowest BCUT2D eigenvalue weighted by atomic mass is 9.68. The molecule has 0 radical (unpaired) electrons. The minimum atomic E-state index is -0.0389. The fourth-order valence-electron chi connectivity index (χ4n) is 4.35. The second kappa shape index (κ2) is 8.24. The number of rotatable bonds is 8. The van der Waals surface area contributed by atoms with Crippen LogP contribution < -0.4 is 5.32 Å². The molecule has 3 rings (SSSR count). The van der Waals surface area contributed by atoms with Gasteiger partial charge in [0.25, 0.3) is 0 Å². The van der Waals surface area contributed by atoms with Crippen LogP contribution in [0.2, 0.25) is 0 Å². The summed E-state index contributed by atoms with van der Waals surface area (Å²) in [6.45, 7) is 7.17. The van der Waals surface area contributed by atoms with Gasteiger partial charge in [-0.05, 0) is 51.3 Å². The van der Waals surface area contributed by atoms with Crippen molar-refractivity contribution in [1.82, 2.24) is 10.3 Å². The maximum atomic E-state index is 6.19. The van der Waals surface area contributed by atoms with Gasteiger partial charge in [0.1, 0.15) is 0 Å². The number of hydrogen-bond donors (Lipinski definition) is 1. The van der Waals surface area contributed by atoms with Crippen molar-refractivity contribution in [1.29, 1.82) is 0 Å². The smallest absolute Gasteiger partial charge is 0.0663 e. The lowest BCUT2D eigenvalue weighted by Crippen LogP contribution is -2.47. The van der Waals surface area contributed by atoms with Gasteiger partial charge in [-0.3, -0.25) is 9.98 Å². The van der Waals surface area contributed by atoms with Crippen LogP contribution in [0, 0.1) is 0 Å². The number of hydrogen-bond acceptors (Lipinski definition) is 4. The van der Waals surface area contributed by atoms with Crippen molar-refractivity contribution in [3.63, 3.8) is 0 Å². The van der Waals surface area contributed by atoms with Gasteiger partial charge in [-0.25, -0.2) is 0 Å². The van der Waals surface area contributed by atoms with E-state index < -0.39 is 0 Å². The van der Waals surface area contributed by atoms with E-state index >= 15 is 0 Å². The third-order valence-electron chi connectivity index (χ3n) is 5.53. The zero-order valence-electron chi connectivity index (χ0n) is 15.6. The number of nitrogens with zero attached hydrogens (tertiary/aromatic N) is 2. The summed E-state index contributed by atoms with van der Waals surface area (Å²) < 4.78 is 6.19. The maximum Gasteiger partial charge on any atom is 0.0663 e. The van der Waals surface area contributed by atoms with Crippen LogP contribution in [0.1, 0.15) is 58.1 Å². The normalized spacial score (nSPS) is 29.0. The number of allylic oxidation sites excluding steroid dienone is 1. The predicted molar refractivity (Wildman–Crippen MR) is 103 cm³/mol. The molecule has 4 heteroatoms. The molecule has 2 atom stereocenters. The Morgan fingerprint density at radius 1 is 1.28 bits per heavy atom. The Balaban J connectivity index is 1.69. The number of pyridine rings is 1. The topological polar surface area (TPSA) is 46.5 Å². The van der Waals surface area contributed by atoms with Gasteiger partial charge in [-0.15, -0.1) is 0 Å². The van der Waals surface area contributed by atoms with Gasteiger partial charge < -0.3 is 10.1 Å². The summed E-state index contributed by atoms with van der Waals surface area (Å²) in [5, 5.41) is 3.58. The monoisotopic (exact) mass is 341 g/mol. The predicted octanol–water partition coefficient (Wildman–Crippen LogP) is 4.03. The molecule has 0 amide bonds. The third kappa shape index (κ3) is 4.56. The number of aliphatic imine (C=N–C) groups is 1. The summed E-state index contributed by atoms with van der Waals surface area (Å²) in [5.41, 5.74) is 2.45. The van der Waals surface area contributed by atoms with E-state index in [-0.39, 0.29) is 11.0 Å². The zero-order valence-corrected chi connectivity index (χ0v) is 15.6. The van der Waals surface area contributed by atoms with Gasteiger partial charge >= 0.3 is 0 Å². The lowest BCUT2D eigenvalue weighted by molar-refractivity contribution is -0.102. The highest BCUT2D eigenvalue weighted by molar-refractivity contribution is 5.64. The molecule has 4 nitrogen and oxygen atoms in total. The summed E-state index contributed by atoms with van der Waals surface area (Å²) in [6, 6.07) is 6.31. The fraction of sp³-hybridized carbons (Fsp3) is 0.619. The zero-order chi connectivity index (χ0) is 17.6. The quantitative estimate of drug-likeness (QED) is 0.726. The largest absolute Gasteiger partial charge is 0.375 e. The highest BCUT2D eigenvalue weighted by atomic mass is 16.5. The van der Waals surface area contributed by atoms with E-state index in [2.05, 4.69) is 42.4 Å². The van der Waals surface area contributed by atoms with Crippen molar-refractivity contribution in [2.45, 2.75) is 63.4 Å². The van der Waals surface area contributed by atoms with Crippen LogP contribution in [0.3, 0.4) is 0 Å². The Bertz CT molecular complexity index is 609. The SMILES string of the molecule is CCCC1(C)C[C@](CCNCC2=CCC=N2)(c2ccccn2)CCO1. The van der Waals surface area contributed by atoms with Gasteiger partial charge in [-0.1, -0.05) is 25.5 Å². The first-order chi connectivity index (χ1) is 12.2. The molecule has 1 aromatic heterocycles. The summed E-state index contributed by atoms with van der Waals surface area (Å²) in [6.07, 6.45) is 12.5. The van der Waals surface area contributed by atoms with Gasteiger partial charge in [0.05, 0.1) is 11.3 Å². The number of nitrogens with one attached hydrogen (secondary N) is 1. The summed E-state index contributed by atoms with van der Waals surface area (Å²) in [5.74, 6) is 0. The second-order valence-electron chi connectivity index (χ2n) is 7.64. The molecule has 1 N–H and O–H groups in total. The van der Waals surface area contributed by atoms with E-state index in [1.165, 1.54) is 5.69 Å². The summed E-state index contributed by atoms with van der Waals surface area (Å²) >= 11 is 0. The van der Waals surface area contributed by atoms with E-state index in [0.717, 1.165) is 63.9 Å². The van der Waals surface area contributed by atoms with Crippen molar-refractivity contribution in [2.24, 2.45) is 4.99 Å². The van der Waals surface area contributed by atoms with Crippen LogP contribution in [0.15, 0.2) is 41.2 Å². The van der Waals surface area contributed by atoms with Crippen LogP contribution in [0.5, 0.6) is 0 Å². The minimum Gasteiger partial charge on any atom is -0.375 e. The maximum absolute atomic E-state index is 6.19. The first-order valence-corrected chi connectivity index (χ1v) is 9.64. The highest BCUT2D eigenvalue weighted by Crippen LogP contribution is 2.44. The molecule has 2 aliphatic rings. The Morgan fingerprint density at radius 2 is 2.20 bits per heavy atom. The van der Waals surface area contributed by atoms with E-state index in [4.69, 9.17) is 9.72 Å². The molecule has 1 aromatic rings. The third-order valence-corrected chi connectivity index (χ3v) is 5.53. The minimum absolute atomic E-state index is 0.0389. The Hall–Kier alpha value is -1.52. The van der Waals surface area contributed by atoms with Crippen molar-refractivity contribution in [3.05, 3.63) is 41.9 Å². The van der Waals surface area contributed by atoms with E-state index in [0.29, 0.717) is 0 Å². The molecule has 1 fully saturated rings. The molecular weight excluding hydrogens is 310 g/mol. The molecule has 136 valence electrons. The fourth-order valence-corrected chi connectivity index (χ4v) is 4.35.